The number of carbonyl (C=O) groups excluding carboxylic acids is 3. The molecular formula is C101H152O14S18. The zero-order chi connectivity index (χ0) is 95.5. The van der Waals surface area contributed by atoms with Gasteiger partial charge in [0.1, 0.15) is 5.78 Å². The largest absolute Gasteiger partial charge is 0.501 e. The molecule has 12 fully saturated rings. The van der Waals surface area contributed by atoms with Gasteiger partial charge in [-0.05, 0) is 352 Å². The first-order valence-corrected chi connectivity index (χ1v) is 70.7. The van der Waals surface area contributed by atoms with Gasteiger partial charge < -0.3 is 54.0 Å². The van der Waals surface area contributed by atoms with Gasteiger partial charge in [-0.2, -0.15) is 0 Å². The predicted octanol–water partition coefficient (Wildman–Crippen LogP) is 20.5. The number of fused-ring (bicyclic) bond motifs is 20. The zero-order valence-electron chi connectivity index (χ0n) is 80.4. The second-order valence-electron chi connectivity index (χ2n) is 42.8. The van der Waals surface area contributed by atoms with Crippen molar-refractivity contribution in [3.05, 3.63) is 107 Å². The highest BCUT2D eigenvalue weighted by Gasteiger charge is 2.67. The van der Waals surface area contributed by atoms with Crippen LogP contribution in [-0.4, -0.2) is 126 Å². The summed E-state index contributed by atoms with van der Waals surface area (Å²) >= 11 is 18.4. The van der Waals surface area contributed by atoms with Crippen LogP contribution >= 0.6 is 0 Å². The van der Waals surface area contributed by atoms with E-state index in [0.29, 0.717) is 114 Å². The second kappa shape index (κ2) is 50.8. The maximum atomic E-state index is 12.4. The maximum absolute atomic E-state index is 12.4. The Morgan fingerprint density at radius 1 is 0.406 bits per heavy atom. The van der Waals surface area contributed by atoms with Gasteiger partial charge in [0.25, 0.3) is 0 Å². The molecule has 0 spiro atoms. The van der Waals surface area contributed by atoms with Crippen molar-refractivity contribution in [2.45, 2.75) is 336 Å². The van der Waals surface area contributed by atoms with Crippen LogP contribution in [0.5, 0.6) is 0 Å². The number of aliphatic hydroxyl groups is 5. The number of carbonyl (C=O) groups is 3. The molecule has 133 heavy (non-hydrogen) atoms. The Kier molecular flexibility index (Phi) is 42.6. The molecule has 14 unspecified atom stereocenters. The molecule has 5 N–H and O–H groups in total. The fourth-order valence-electron chi connectivity index (χ4n) is 30.1. The Labute approximate surface area is 856 Å². The Balaban J connectivity index is 0.000000146. The summed E-state index contributed by atoms with van der Waals surface area (Å²) in [6.07, 6.45) is 65.2. The van der Waals surface area contributed by atoms with Crippen LogP contribution in [0, 0.1) is 114 Å². The number of rotatable bonds is 14. The van der Waals surface area contributed by atoms with Crippen LogP contribution < -0.4 is 0 Å². The van der Waals surface area contributed by atoms with Gasteiger partial charge >= 0.3 is 0 Å². The molecule has 14 nitrogen and oxygen atoms in total. The highest BCUT2D eigenvalue weighted by atomic mass is 33.4. The molecule has 25 atom stereocenters. The van der Waals surface area contributed by atoms with E-state index in [4.69, 9.17) is 33.5 Å². The molecule has 2 saturated heterocycles. The van der Waals surface area contributed by atoms with E-state index in [-0.39, 0.29) is 63.7 Å². The van der Waals surface area contributed by atoms with Gasteiger partial charge in [0.15, 0.2) is 24.1 Å². The number of ketones is 3. The first-order valence-electron chi connectivity index (χ1n) is 49.4. The lowest BCUT2D eigenvalue weighted by Gasteiger charge is -2.59. The van der Waals surface area contributed by atoms with Crippen molar-refractivity contribution < 1.29 is 68.3 Å². The summed E-state index contributed by atoms with van der Waals surface area (Å²) in [6.45, 7) is 24.0. The number of ether oxygens (including phenoxy) is 6. The van der Waals surface area contributed by atoms with E-state index >= 15 is 0 Å². The molecule has 0 aromatic rings. The number of Topliss-reactive ketones (excluding diaryl/α,β-unsaturated/α-hetero) is 1. The minimum absolute atomic E-state index is 0.00460. The monoisotopic (exact) mass is 2160 g/mol. The van der Waals surface area contributed by atoms with Gasteiger partial charge in [-0.15, -0.1) is 0 Å². The van der Waals surface area contributed by atoms with Crippen LogP contribution in [0.25, 0.3) is 0 Å². The summed E-state index contributed by atoms with van der Waals surface area (Å²) in [5.41, 5.74) is 4.58. The summed E-state index contributed by atoms with van der Waals surface area (Å²) in [5, 5.41) is 53.0. The van der Waals surface area contributed by atoms with E-state index in [1.54, 1.807) is 91.3 Å². The van der Waals surface area contributed by atoms with Crippen molar-refractivity contribution in [1.29, 1.82) is 0 Å². The van der Waals surface area contributed by atoms with Crippen LogP contribution in [0.15, 0.2) is 107 Å². The summed E-state index contributed by atoms with van der Waals surface area (Å²) in [5.74, 6) is 11.4. The van der Waals surface area contributed by atoms with Gasteiger partial charge in [-0.25, -0.2) is 0 Å². The lowest BCUT2D eigenvalue weighted by atomic mass is 9.46. The third-order valence-corrected chi connectivity index (χ3v) is 64.3. The lowest BCUT2D eigenvalue weighted by Crippen LogP contribution is -2.54. The van der Waals surface area contributed by atoms with E-state index < -0.39 is 16.8 Å². The van der Waals surface area contributed by atoms with Gasteiger partial charge in [-0.3, -0.25) is 14.4 Å². The van der Waals surface area contributed by atoms with Crippen LogP contribution in [0.1, 0.15) is 306 Å². The van der Waals surface area contributed by atoms with Crippen LogP contribution in [0.4, 0.5) is 0 Å². The molecule has 0 radical (unpaired) electrons. The van der Waals surface area contributed by atoms with Gasteiger partial charge in [0, 0.05) is 237 Å². The first kappa shape index (κ1) is 112. The summed E-state index contributed by atoms with van der Waals surface area (Å²) in [7, 11) is 25.5. The molecule has 2 heterocycles. The molecule has 0 amide bonds. The van der Waals surface area contributed by atoms with Gasteiger partial charge in [-0.1, -0.05) is 115 Å². The smallest absolute Gasteiger partial charge is 0.157 e. The molecule has 0 bridgehead atoms. The molecule has 32 heteroatoms. The van der Waals surface area contributed by atoms with Crippen molar-refractivity contribution in [3.8, 4) is 0 Å². The molecule has 18 aliphatic rings. The van der Waals surface area contributed by atoms with Crippen molar-refractivity contribution in [2.75, 3.05) is 53.9 Å². The van der Waals surface area contributed by atoms with Crippen molar-refractivity contribution in [2.24, 2.45) is 114 Å². The topological polar surface area (TPSA) is 208 Å². The van der Waals surface area contributed by atoms with Crippen molar-refractivity contribution in [3.63, 3.8) is 0 Å². The lowest BCUT2D eigenvalue weighted by molar-refractivity contribution is -0.155. The number of hydrogen-bond acceptors (Lipinski definition) is 18. The van der Waals surface area contributed by atoms with E-state index in [1.807, 2.05) is 37.3 Å². The molecule has 748 valence electrons. The van der Waals surface area contributed by atoms with Gasteiger partial charge in [0.2, 0.25) is 0 Å². The Hall–Kier alpha value is -0.130. The van der Waals surface area contributed by atoms with Crippen molar-refractivity contribution >= 4 is 186 Å². The van der Waals surface area contributed by atoms with Gasteiger partial charge in [0.05, 0.1) is 62.4 Å². The fourth-order valence-corrected chi connectivity index (χ4v) is 57.5. The predicted molar refractivity (Wildman–Crippen MR) is 586 cm³/mol. The minimum Gasteiger partial charge on any atom is -0.501 e. The highest BCUT2D eigenvalue weighted by Crippen LogP contribution is 2.72. The maximum Gasteiger partial charge on any atom is 0.157 e. The van der Waals surface area contributed by atoms with Crippen LogP contribution in [0.2, 0.25) is 0 Å². The zero-order valence-corrected chi connectivity index (χ0v) is 95.1. The third kappa shape index (κ3) is 24.9. The molecule has 0 aromatic heterocycles. The van der Waals surface area contributed by atoms with Crippen molar-refractivity contribution in [1.82, 2.24) is 0 Å². The number of allylic oxidation sites excluding steroid dienone is 11. The highest BCUT2D eigenvalue weighted by molar-refractivity contribution is 8.75. The third-order valence-electron chi connectivity index (χ3n) is 37.6. The quantitative estimate of drug-likeness (QED) is 0.102. The van der Waals surface area contributed by atoms with E-state index in [1.165, 1.54) is 140 Å². The summed E-state index contributed by atoms with van der Waals surface area (Å²) in [6, 6.07) is 0. The second-order valence-corrected chi connectivity index (χ2v) is 67.6. The Morgan fingerprint density at radius 3 is 1.26 bits per heavy atom. The average molecular weight is 2170 g/mol. The fraction of sp³-hybridized carbons (Fsp3) is 0.792. The molecule has 2 aliphatic heterocycles. The standard InChI is InChI=1S/C28H42O4.C22H34O3.C22H32O3.C20H28O2.C9H16O2.S12.S6/c1-26-14-10-21(30-3)19-20(26)8-9-22-23(26)11-15-27(2)24(22)12-16-28(27,29)13-6-18-32-25-7-4-5-17-31-25;2*1-20-10-6-16(24)14-15(20)4-5-17-18(20)7-11-21(2)19(17)8-12-22(21,25)9-3-13-23;1-19-10-8-14(22-3)12-13(19)4-5-15-16-6-7-18(21)20(16,2)11-9-17(15)19;1-2-3-7-10-9-6-4-5-8-11-9;1-3-5-7-9-11-12-10-8-6-4-2;1-3-5-6-4-2/h6,8,13,19,22-25,29H,4-5,7,9-12,14-18H2,1-3H3;14,17-19,23,25H,3-13H2,1-2H3;3,9,14,17-19,23,25H,4-8,10-13H2,1-2H3;4,12,15-17H,5-11H2,1-3H3;2-3,9H,4-8H2,1H3;;/b;;;;3-2+;;/t22?,23?,24?,25?,26-,27-,28-;2*17?,18?,19?,20-,21-,22-;15?,16?,17?,19-,20-;;;/m0000.../s1. The van der Waals surface area contributed by atoms with E-state index in [2.05, 4.69) is 137 Å². The number of methoxy groups -OCH3 is 2. The average Bonchev–Trinajstić information content (AvgIpc) is 1.60. The van der Waals surface area contributed by atoms with E-state index in [9.17, 15) is 34.8 Å². The normalized spacial score (nSPS) is 40.5. The Morgan fingerprint density at radius 2 is 0.805 bits per heavy atom. The molecule has 0 aromatic carbocycles. The molecule has 16 aliphatic carbocycles. The number of aliphatic hydroxyl groups excluding tert-OH is 2. The summed E-state index contributed by atoms with van der Waals surface area (Å²) < 4.78 is 33.4. The first-order chi connectivity index (χ1) is 63.8. The molecule has 10 saturated carbocycles. The minimum atomic E-state index is -0.773. The SMILES string of the molecule is C/C=C/COC1CCCCO1.COC1=CC2=CCC3C(CC[C@@]4(C)C3CC[C@@]4(O)C=CCOC3CCCCO3)[C@@]2(C)CC1.COC1=CC2=CCC3C(CC[C@]4(C)C(=O)CCC34)[C@@]2(C)CC1.C[C@]12CCC(=O)C=C1CCC1C2CC[C@@]2(C)C1CC[C@@]2(O)C=CCO.C[C@]12CCC(=O)C=C1CCC1C2CC[C@@]2(C)C1CC[C@@]2(O)CCCO.S=S=S=S=S=S.S=S=S=S=S=S=S=S=S=S=S=S. The van der Waals surface area contributed by atoms with E-state index in [0.717, 1.165) is 197 Å². The summed E-state index contributed by atoms with van der Waals surface area (Å²) in [4.78, 5) is 36.2. The molecular weight excluding hydrogens is 2010 g/mol. The van der Waals surface area contributed by atoms with Crippen LogP contribution in [0.3, 0.4) is 0 Å². The number of hydrogen-bond donors (Lipinski definition) is 5. The van der Waals surface area contributed by atoms with Crippen LogP contribution in [-0.2, 0) is 212 Å². The molecule has 18 rings (SSSR count). The Bertz CT molecular complexity index is 5030.